The molecule has 0 unspecified atom stereocenters. The zero-order valence-corrected chi connectivity index (χ0v) is 22.6. The third-order valence-corrected chi connectivity index (χ3v) is 6.10. The van der Waals surface area contributed by atoms with Gasteiger partial charge in [-0.3, -0.25) is 0 Å². The average Bonchev–Trinajstić information content (AvgIpc) is 2.83. The molecule has 0 aliphatic rings. The minimum absolute atomic E-state index is 0.302. The number of unbranched alkanes of at least 4 members (excludes halogenated alkanes) is 17. The highest BCUT2D eigenvalue weighted by Crippen LogP contribution is 2.09. The Morgan fingerprint density at radius 1 is 0.441 bits per heavy atom. The Morgan fingerprint density at radius 2 is 0.735 bits per heavy atom. The van der Waals surface area contributed by atoms with E-state index < -0.39 is 0 Å². The van der Waals surface area contributed by atoms with Crippen LogP contribution < -0.4 is 10.6 Å². The van der Waals surface area contributed by atoms with E-state index in [9.17, 15) is 9.59 Å². The molecule has 2 N–H and O–H groups in total. The standard InChI is InChI=1S/C28H56N2O4/c1-3-5-7-9-11-13-17-21-25-33-27(31)29-23-19-15-16-20-24-30-28(32)34-26-22-18-14-12-10-8-6-4-2/h3-26H2,1-2H3,(H,29,31)(H,30,32). The summed E-state index contributed by atoms with van der Waals surface area (Å²) >= 11 is 0. The number of alkyl carbamates (subject to hydrolysis) is 2. The van der Waals surface area contributed by atoms with Crippen molar-refractivity contribution < 1.29 is 19.1 Å². The van der Waals surface area contributed by atoms with Crippen molar-refractivity contribution in [2.45, 2.75) is 142 Å². The molecule has 0 aromatic heterocycles. The lowest BCUT2D eigenvalue weighted by atomic mass is 10.1. The molecule has 0 atom stereocenters. The lowest BCUT2D eigenvalue weighted by Crippen LogP contribution is -2.26. The molecular formula is C28H56N2O4. The molecule has 0 aliphatic heterocycles. The van der Waals surface area contributed by atoms with Crippen molar-refractivity contribution in [3.63, 3.8) is 0 Å². The lowest BCUT2D eigenvalue weighted by molar-refractivity contribution is 0.142. The van der Waals surface area contributed by atoms with E-state index in [0.717, 1.165) is 51.4 Å². The van der Waals surface area contributed by atoms with Crippen LogP contribution in [0.4, 0.5) is 9.59 Å². The number of hydrogen-bond donors (Lipinski definition) is 2. The van der Waals surface area contributed by atoms with Crippen molar-refractivity contribution in [1.82, 2.24) is 10.6 Å². The summed E-state index contributed by atoms with van der Waals surface area (Å²) < 4.78 is 10.4. The van der Waals surface area contributed by atoms with Gasteiger partial charge < -0.3 is 20.1 Å². The minimum atomic E-state index is -0.302. The van der Waals surface area contributed by atoms with Crippen molar-refractivity contribution in [3.05, 3.63) is 0 Å². The first-order valence-corrected chi connectivity index (χ1v) is 14.5. The van der Waals surface area contributed by atoms with Crippen LogP contribution in [-0.4, -0.2) is 38.5 Å². The van der Waals surface area contributed by atoms with Gasteiger partial charge in [0.15, 0.2) is 0 Å². The van der Waals surface area contributed by atoms with Crippen molar-refractivity contribution in [3.8, 4) is 0 Å². The van der Waals surface area contributed by atoms with Crippen LogP contribution in [0.3, 0.4) is 0 Å². The fourth-order valence-electron chi connectivity index (χ4n) is 3.89. The van der Waals surface area contributed by atoms with E-state index in [1.54, 1.807) is 0 Å². The molecule has 0 rings (SSSR count). The number of nitrogens with one attached hydrogen (secondary N) is 2. The Hall–Kier alpha value is -1.46. The molecule has 0 spiro atoms. The Morgan fingerprint density at radius 3 is 1.09 bits per heavy atom. The van der Waals surface area contributed by atoms with E-state index in [1.165, 1.54) is 77.0 Å². The zero-order chi connectivity index (χ0) is 25.0. The molecule has 2 amide bonds. The summed E-state index contributed by atoms with van der Waals surface area (Å²) in [5, 5.41) is 5.63. The Balaban J connectivity index is 3.25. The van der Waals surface area contributed by atoms with E-state index in [-0.39, 0.29) is 12.2 Å². The van der Waals surface area contributed by atoms with Gasteiger partial charge in [0.1, 0.15) is 0 Å². The molecule has 202 valence electrons. The van der Waals surface area contributed by atoms with Crippen LogP contribution in [0, 0.1) is 0 Å². The van der Waals surface area contributed by atoms with Crippen molar-refractivity contribution in [1.29, 1.82) is 0 Å². The summed E-state index contributed by atoms with van der Waals surface area (Å²) in [6.45, 7) is 6.79. The summed E-state index contributed by atoms with van der Waals surface area (Å²) in [6, 6.07) is 0. The molecule has 34 heavy (non-hydrogen) atoms. The highest BCUT2D eigenvalue weighted by Gasteiger charge is 2.02. The summed E-state index contributed by atoms with van der Waals surface area (Å²) in [5.41, 5.74) is 0. The molecule has 0 aromatic rings. The first-order valence-electron chi connectivity index (χ1n) is 14.5. The van der Waals surface area contributed by atoms with Crippen LogP contribution in [0.5, 0.6) is 0 Å². The number of ether oxygens (including phenoxy) is 2. The van der Waals surface area contributed by atoms with Gasteiger partial charge >= 0.3 is 12.2 Å². The van der Waals surface area contributed by atoms with E-state index in [0.29, 0.717) is 26.3 Å². The number of hydrogen-bond acceptors (Lipinski definition) is 4. The average molecular weight is 485 g/mol. The Kier molecular flexibility index (Phi) is 26.6. The van der Waals surface area contributed by atoms with Crippen LogP contribution in [0.15, 0.2) is 0 Å². The van der Waals surface area contributed by atoms with E-state index in [1.807, 2.05) is 0 Å². The highest BCUT2D eigenvalue weighted by atomic mass is 16.6. The second-order valence-electron chi connectivity index (χ2n) is 9.49. The first kappa shape index (κ1) is 32.5. The maximum Gasteiger partial charge on any atom is 0.407 e. The number of carbonyl (C=O) groups excluding carboxylic acids is 2. The van der Waals surface area contributed by atoms with Crippen LogP contribution >= 0.6 is 0 Å². The predicted octanol–water partition coefficient (Wildman–Crippen LogP) is 8.28. The smallest absolute Gasteiger partial charge is 0.407 e. The normalized spacial score (nSPS) is 10.8. The molecule has 0 saturated heterocycles. The minimum Gasteiger partial charge on any atom is -0.450 e. The van der Waals surface area contributed by atoms with Gasteiger partial charge in [0.2, 0.25) is 0 Å². The Labute approximate surface area is 210 Å². The SMILES string of the molecule is CCCCCCCCCCOC(=O)NCCCCCCNC(=O)OCCCCCCCCCC. The largest absolute Gasteiger partial charge is 0.450 e. The van der Waals surface area contributed by atoms with Crippen LogP contribution in [0.1, 0.15) is 142 Å². The van der Waals surface area contributed by atoms with E-state index in [4.69, 9.17) is 9.47 Å². The van der Waals surface area contributed by atoms with Crippen LogP contribution in [-0.2, 0) is 9.47 Å². The monoisotopic (exact) mass is 484 g/mol. The second-order valence-corrected chi connectivity index (χ2v) is 9.49. The first-order chi connectivity index (χ1) is 16.7. The van der Waals surface area contributed by atoms with Crippen molar-refractivity contribution in [2.24, 2.45) is 0 Å². The van der Waals surface area contributed by atoms with E-state index >= 15 is 0 Å². The van der Waals surface area contributed by atoms with Gasteiger partial charge in [-0.05, 0) is 25.7 Å². The van der Waals surface area contributed by atoms with E-state index in [2.05, 4.69) is 24.5 Å². The third kappa shape index (κ3) is 26.8. The fraction of sp³-hybridized carbons (Fsp3) is 0.929. The summed E-state index contributed by atoms with van der Waals surface area (Å²) in [5.74, 6) is 0. The molecule has 0 fully saturated rings. The lowest BCUT2D eigenvalue weighted by Gasteiger charge is -2.08. The molecule has 6 nitrogen and oxygen atoms in total. The highest BCUT2D eigenvalue weighted by molar-refractivity contribution is 5.67. The third-order valence-electron chi connectivity index (χ3n) is 6.10. The summed E-state index contributed by atoms with van der Waals surface area (Å²) in [7, 11) is 0. The quantitative estimate of drug-likeness (QED) is 0.128. The maximum absolute atomic E-state index is 11.7. The molecule has 0 heterocycles. The molecule has 6 heteroatoms. The molecule has 0 aromatic carbocycles. The Bertz CT molecular complexity index is 406. The van der Waals surface area contributed by atoms with Gasteiger partial charge in [-0.25, -0.2) is 9.59 Å². The van der Waals surface area contributed by atoms with Gasteiger partial charge in [-0.1, -0.05) is 117 Å². The molecular weight excluding hydrogens is 428 g/mol. The van der Waals surface area contributed by atoms with Gasteiger partial charge in [-0.2, -0.15) is 0 Å². The molecule has 0 aliphatic carbocycles. The van der Waals surface area contributed by atoms with Crippen molar-refractivity contribution in [2.75, 3.05) is 26.3 Å². The van der Waals surface area contributed by atoms with Crippen LogP contribution in [0.2, 0.25) is 0 Å². The summed E-state index contributed by atoms with van der Waals surface area (Å²) in [4.78, 5) is 23.3. The molecule has 0 saturated carbocycles. The fourth-order valence-corrected chi connectivity index (χ4v) is 3.89. The molecule has 0 bridgehead atoms. The number of rotatable bonds is 25. The van der Waals surface area contributed by atoms with Crippen molar-refractivity contribution >= 4 is 12.2 Å². The second kappa shape index (κ2) is 27.8. The van der Waals surface area contributed by atoms with Gasteiger partial charge in [0.05, 0.1) is 13.2 Å². The zero-order valence-electron chi connectivity index (χ0n) is 22.6. The number of carbonyl (C=O) groups is 2. The topological polar surface area (TPSA) is 76.7 Å². The van der Waals surface area contributed by atoms with Crippen LogP contribution in [0.25, 0.3) is 0 Å². The maximum atomic E-state index is 11.7. The van der Waals surface area contributed by atoms with Gasteiger partial charge in [-0.15, -0.1) is 0 Å². The predicted molar refractivity (Wildman–Crippen MR) is 142 cm³/mol. The van der Waals surface area contributed by atoms with Gasteiger partial charge in [0.25, 0.3) is 0 Å². The van der Waals surface area contributed by atoms with Gasteiger partial charge in [0, 0.05) is 13.1 Å². The number of amides is 2. The summed E-state index contributed by atoms with van der Waals surface area (Å²) in [6.07, 6.45) is 23.1. The molecule has 0 radical (unpaired) electrons.